The standard InChI is InChI=1S/C18H29NO4/c1-6-7-12-20-13-14-21-16-10-8-15(9-11-16)19-22-17(2,3)18(4,5)23-19/h8-11H,6-7,12-14H2,1-5H3. The lowest BCUT2D eigenvalue weighted by atomic mass is 9.90. The maximum atomic E-state index is 5.88. The summed E-state index contributed by atoms with van der Waals surface area (Å²) in [7, 11) is 0. The number of rotatable bonds is 8. The summed E-state index contributed by atoms with van der Waals surface area (Å²) in [6.45, 7) is 12.2. The molecule has 0 amide bonds. The van der Waals surface area contributed by atoms with E-state index in [9.17, 15) is 0 Å². The van der Waals surface area contributed by atoms with E-state index in [2.05, 4.69) is 6.92 Å². The lowest BCUT2D eigenvalue weighted by molar-refractivity contribution is -0.0273. The van der Waals surface area contributed by atoms with E-state index < -0.39 is 11.2 Å². The molecule has 1 aromatic rings. The van der Waals surface area contributed by atoms with Gasteiger partial charge >= 0.3 is 0 Å². The van der Waals surface area contributed by atoms with Crippen LogP contribution in [0, 0.1) is 0 Å². The third kappa shape index (κ3) is 4.59. The summed E-state index contributed by atoms with van der Waals surface area (Å²) in [5.74, 6) is 0.811. The Bertz CT molecular complexity index is 468. The van der Waals surface area contributed by atoms with Crippen LogP contribution in [0.3, 0.4) is 0 Å². The molecule has 5 nitrogen and oxygen atoms in total. The predicted molar refractivity (Wildman–Crippen MR) is 90.5 cm³/mol. The highest BCUT2D eigenvalue weighted by Crippen LogP contribution is 2.39. The van der Waals surface area contributed by atoms with Crippen molar-refractivity contribution in [2.75, 3.05) is 25.0 Å². The minimum absolute atomic E-state index is 0.391. The van der Waals surface area contributed by atoms with Crippen molar-refractivity contribution in [1.29, 1.82) is 0 Å². The third-order valence-electron chi connectivity index (χ3n) is 4.26. The summed E-state index contributed by atoms with van der Waals surface area (Å²) in [6.07, 6.45) is 2.24. The first kappa shape index (κ1) is 18.0. The van der Waals surface area contributed by atoms with Gasteiger partial charge < -0.3 is 9.47 Å². The molecule has 0 N–H and O–H groups in total. The maximum Gasteiger partial charge on any atom is 0.124 e. The second-order valence-electron chi connectivity index (χ2n) is 6.77. The molecule has 1 aromatic carbocycles. The largest absolute Gasteiger partial charge is 0.491 e. The lowest BCUT2D eigenvalue weighted by Gasteiger charge is -2.26. The topological polar surface area (TPSA) is 40.2 Å². The molecule has 0 unspecified atom stereocenters. The molecule has 0 spiro atoms. The van der Waals surface area contributed by atoms with E-state index in [0.29, 0.717) is 13.2 Å². The molecule has 1 fully saturated rings. The lowest BCUT2D eigenvalue weighted by Crippen LogP contribution is -2.41. The van der Waals surface area contributed by atoms with Crippen LogP contribution >= 0.6 is 0 Å². The Morgan fingerprint density at radius 1 is 0.913 bits per heavy atom. The highest BCUT2D eigenvalue weighted by Gasteiger charge is 2.50. The number of benzene rings is 1. The van der Waals surface area contributed by atoms with Crippen LogP contribution < -0.4 is 9.96 Å². The molecule has 1 aliphatic rings. The van der Waals surface area contributed by atoms with Gasteiger partial charge in [0, 0.05) is 6.61 Å². The molecular weight excluding hydrogens is 294 g/mol. The summed E-state index contributed by atoms with van der Waals surface area (Å²) in [5, 5.41) is 1.48. The van der Waals surface area contributed by atoms with Gasteiger partial charge in [-0.25, -0.2) is 9.68 Å². The molecule has 130 valence electrons. The summed E-state index contributed by atoms with van der Waals surface area (Å²) < 4.78 is 11.1. The van der Waals surface area contributed by atoms with Crippen molar-refractivity contribution < 1.29 is 19.1 Å². The van der Waals surface area contributed by atoms with Gasteiger partial charge in [0.1, 0.15) is 23.6 Å². The smallest absolute Gasteiger partial charge is 0.124 e. The zero-order chi connectivity index (χ0) is 16.9. The van der Waals surface area contributed by atoms with Crippen molar-refractivity contribution in [2.45, 2.75) is 58.7 Å². The Kier molecular flexibility index (Phi) is 5.89. The van der Waals surface area contributed by atoms with Crippen molar-refractivity contribution in [3.8, 4) is 5.75 Å². The van der Waals surface area contributed by atoms with Gasteiger partial charge in [-0.2, -0.15) is 0 Å². The molecule has 23 heavy (non-hydrogen) atoms. The van der Waals surface area contributed by atoms with E-state index in [1.165, 1.54) is 5.23 Å². The van der Waals surface area contributed by atoms with Crippen molar-refractivity contribution >= 4 is 5.69 Å². The zero-order valence-electron chi connectivity index (χ0n) is 14.9. The summed E-state index contributed by atoms with van der Waals surface area (Å²) in [5.41, 5.74) is 0.0610. The predicted octanol–water partition coefficient (Wildman–Crippen LogP) is 4.12. The second-order valence-corrected chi connectivity index (χ2v) is 6.77. The average Bonchev–Trinajstić information content (AvgIpc) is 2.72. The van der Waals surface area contributed by atoms with Crippen LogP contribution in [0.15, 0.2) is 24.3 Å². The highest BCUT2D eigenvalue weighted by atomic mass is 17.0. The molecule has 5 heteroatoms. The van der Waals surface area contributed by atoms with E-state index in [0.717, 1.165) is 30.9 Å². The van der Waals surface area contributed by atoms with Crippen LogP contribution in [0.25, 0.3) is 0 Å². The molecule has 1 saturated heterocycles. The van der Waals surface area contributed by atoms with Crippen molar-refractivity contribution in [2.24, 2.45) is 0 Å². The first-order chi connectivity index (χ1) is 10.9. The number of anilines is 1. The fraction of sp³-hybridized carbons (Fsp3) is 0.667. The van der Waals surface area contributed by atoms with Crippen molar-refractivity contribution in [3.63, 3.8) is 0 Å². The Morgan fingerprint density at radius 2 is 1.52 bits per heavy atom. The van der Waals surface area contributed by atoms with E-state index in [4.69, 9.17) is 19.1 Å². The molecule has 0 atom stereocenters. The highest BCUT2D eigenvalue weighted by molar-refractivity contribution is 5.46. The molecule has 0 aliphatic carbocycles. The van der Waals surface area contributed by atoms with Crippen molar-refractivity contribution in [1.82, 2.24) is 0 Å². The van der Waals surface area contributed by atoms with Gasteiger partial charge in [0.2, 0.25) is 0 Å². The summed E-state index contributed by atoms with van der Waals surface area (Å²) >= 11 is 0. The van der Waals surface area contributed by atoms with Crippen LogP contribution in [-0.2, 0) is 14.4 Å². The normalized spacial score (nSPS) is 19.1. The zero-order valence-corrected chi connectivity index (χ0v) is 14.9. The van der Waals surface area contributed by atoms with Crippen molar-refractivity contribution in [3.05, 3.63) is 24.3 Å². The minimum Gasteiger partial charge on any atom is -0.491 e. The van der Waals surface area contributed by atoms with Crippen LogP contribution in [0.5, 0.6) is 5.75 Å². The number of nitrogens with zero attached hydrogens (tertiary/aromatic N) is 1. The fourth-order valence-electron chi connectivity index (χ4n) is 1.99. The molecule has 1 aliphatic heterocycles. The first-order valence-electron chi connectivity index (χ1n) is 8.35. The fourth-order valence-corrected chi connectivity index (χ4v) is 1.99. The summed E-state index contributed by atoms with van der Waals surface area (Å²) in [4.78, 5) is 11.8. The van der Waals surface area contributed by atoms with Gasteiger partial charge in [-0.15, -0.1) is 5.23 Å². The van der Waals surface area contributed by atoms with E-state index in [-0.39, 0.29) is 0 Å². The number of hydrogen-bond acceptors (Lipinski definition) is 5. The molecule has 0 bridgehead atoms. The first-order valence-corrected chi connectivity index (χ1v) is 8.35. The van der Waals surface area contributed by atoms with Gasteiger partial charge in [0.15, 0.2) is 0 Å². The molecule has 0 radical (unpaired) electrons. The molecule has 0 saturated carbocycles. The number of ether oxygens (including phenoxy) is 2. The van der Waals surface area contributed by atoms with Crippen LogP contribution in [0.4, 0.5) is 5.69 Å². The SMILES string of the molecule is CCCCOCCOc1ccc(N2OC(C)(C)C(C)(C)O2)cc1. The maximum absolute atomic E-state index is 5.88. The monoisotopic (exact) mass is 323 g/mol. The molecule has 1 heterocycles. The Labute approximate surface area is 139 Å². The van der Waals surface area contributed by atoms with Gasteiger partial charge in [0.25, 0.3) is 0 Å². The molecule has 2 rings (SSSR count). The van der Waals surface area contributed by atoms with Gasteiger partial charge in [-0.1, -0.05) is 13.3 Å². The van der Waals surface area contributed by atoms with Gasteiger partial charge in [-0.05, 0) is 58.4 Å². The van der Waals surface area contributed by atoms with E-state index in [1.54, 1.807) is 0 Å². The van der Waals surface area contributed by atoms with E-state index >= 15 is 0 Å². The Balaban J connectivity index is 1.81. The minimum atomic E-state index is -0.391. The average molecular weight is 323 g/mol. The quantitative estimate of drug-likeness (QED) is 0.673. The van der Waals surface area contributed by atoms with E-state index in [1.807, 2.05) is 52.0 Å². The second kappa shape index (κ2) is 7.51. The molecular formula is C18H29NO4. The Hall–Kier alpha value is -1.30. The van der Waals surface area contributed by atoms with Gasteiger partial charge in [0.05, 0.1) is 12.3 Å². The number of unbranched alkanes of at least 4 members (excludes halogenated alkanes) is 1. The van der Waals surface area contributed by atoms with Crippen LogP contribution in [0.1, 0.15) is 47.5 Å². The molecule has 0 aromatic heterocycles. The summed E-state index contributed by atoms with van der Waals surface area (Å²) in [6, 6.07) is 7.66. The van der Waals surface area contributed by atoms with Crippen LogP contribution in [-0.4, -0.2) is 31.0 Å². The van der Waals surface area contributed by atoms with Gasteiger partial charge in [-0.3, -0.25) is 0 Å². The Morgan fingerprint density at radius 3 is 2.09 bits per heavy atom. The number of hydrogen-bond donors (Lipinski definition) is 0. The van der Waals surface area contributed by atoms with Crippen LogP contribution in [0.2, 0.25) is 0 Å². The third-order valence-corrected chi connectivity index (χ3v) is 4.26.